The van der Waals surface area contributed by atoms with Crippen LogP contribution in [0.1, 0.15) is 23.2 Å². The molecular formula is C13H19FN2O2. The fraction of sp³-hybridized carbons (Fsp3) is 0.462. The molecule has 4 nitrogen and oxygen atoms in total. The number of amides is 1. The molecule has 1 aromatic rings. The highest BCUT2D eigenvalue weighted by Crippen LogP contribution is 2.18. The molecule has 0 radical (unpaired) electrons. The molecule has 0 saturated heterocycles. The lowest BCUT2D eigenvalue weighted by Crippen LogP contribution is -2.25. The van der Waals surface area contributed by atoms with E-state index in [1.54, 1.807) is 20.2 Å². The van der Waals surface area contributed by atoms with Crippen molar-refractivity contribution < 1.29 is 13.9 Å². The van der Waals surface area contributed by atoms with Crippen LogP contribution in [0.15, 0.2) is 18.2 Å². The van der Waals surface area contributed by atoms with E-state index in [1.807, 2.05) is 0 Å². The number of unbranched alkanes of at least 4 members (excludes halogenated alkanes) is 1. The van der Waals surface area contributed by atoms with Gasteiger partial charge in [-0.3, -0.25) is 4.79 Å². The van der Waals surface area contributed by atoms with E-state index in [0.717, 1.165) is 12.8 Å². The summed E-state index contributed by atoms with van der Waals surface area (Å²) in [7, 11) is 3.23. The molecule has 1 aromatic carbocycles. The number of halogens is 1. The van der Waals surface area contributed by atoms with Crippen molar-refractivity contribution in [2.45, 2.75) is 12.8 Å². The predicted octanol–water partition coefficient (Wildman–Crippen LogP) is 2.02. The number of rotatable bonds is 7. The van der Waals surface area contributed by atoms with Gasteiger partial charge in [0.1, 0.15) is 5.82 Å². The molecule has 5 heteroatoms. The Labute approximate surface area is 107 Å². The van der Waals surface area contributed by atoms with Gasteiger partial charge in [0.2, 0.25) is 0 Å². The molecule has 2 N–H and O–H groups in total. The summed E-state index contributed by atoms with van der Waals surface area (Å²) in [6.07, 6.45) is 1.72. The van der Waals surface area contributed by atoms with Crippen molar-refractivity contribution in [3.8, 4) is 0 Å². The maximum Gasteiger partial charge on any atom is 0.253 e. The van der Waals surface area contributed by atoms with Crippen LogP contribution in [0.2, 0.25) is 0 Å². The van der Waals surface area contributed by atoms with Crippen LogP contribution < -0.4 is 10.6 Å². The summed E-state index contributed by atoms with van der Waals surface area (Å²) in [5.74, 6) is -0.694. The monoisotopic (exact) mass is 254 g/mol. The van der Waals surface area contributed by atoms with Crippen LogP contribution in [0.25, 0.3) is 0 Å². The lowest BCUT2D eigenvalue weighted by Gasteiger charge is -2.10. The van der Waals surface area contributed by atoms with E-state index in [1.165, 1.54) is 12.1 Å². The van der Waals surface area contributed by atoms with Crippen molar-refractivity contribution in [1.82, 2.24) is 5.32 Å². The van der Waals surface area contributed by atoms with Gasteiger partial charge in [-0.25, -0.2) is 4.39 Å². The summed E-state index contributed by atoms with van der Waals surface area (Å²) in [6, 6.07) is 4.44. The Hall–Kier alpha value is -1.62. The first-order chi connectivity index (χ1) is 8.70. The number of benzene rings is 1. The minimum absolute atomic E-state index is 0.229. The maximum atomic E-state index is 13.4. The van der Waals surface area contributed by atoms with Crippen LogP contribution in [0.5, 0.6) is 0 Å². The molecule has 100 valence electrons. The smallest absolute Gasteiger partial charge is 0.253 e. The average Bonchev–Trinajstić information content (AvgIpc) is 2.38. The number of nitrogens with one attached hydrogen (secondary N) is 2. The van der Waals surface area contributed by atoms with Crippen molar-refractivity contribution in [3.05, 3.63) is 29.6 Å². The van der Waals surface area contributed by atoms with E-state index >= 15 is 0 Å². The van der Waals surface area contributed by atoms with Crippen LogP contribution in [-0.4, -0.2) is 33.2 Å². The molecule has 0 aliphatic heterocycles. The first-order valence-corrected chi connectivity index (χ1v) is 5.94. The van der Waals surface area contributed by atoms with Crippen molar-refractivity contribution >= 4 is 11.6 Å². The largest absolute Gasteiger partial charge is 0.385 e. The lowest BCUT2D eigenvalue weighted by atomic mass is 10.1. The van der Waals surface area contributed by atoms with Crippen molar-refractivity contribution in [3.63, 3.8) is 0 Å². The highest BCUT2D eigenvalue weighted by molar-refractivity contribution is 5.99. The van der Waals surface area contributed by atoms with Crippen molar-refractivity contribution in [2.75, 3.05) is 32.6 Å². The third-order valence-electron chi connectivity index (χ3n) is 2.57. The Morgan fingerprint density at radius 3 is 2.83 bits per heavy atom. The number of anilines is 1. The molecule has 0 aliphatic carbocycles. The summed E-state index contributed by atoms with van der Waals surface area (Å²) in [4.78, 5) is 11.9. The van der Waals surface area contributed by atoms with Gasteiger partial charge >= 0.3 is 0 Å². The number of hydrogen-bond acceptors (Lipinski definition) is 3. The van der Waals surface area contributed by atoms with Gasteiger partial charge in [-0.15, -0.1) is 0 Å². The van der Waals surface area contributed by atoms with Gasteiger partial charge in [0.15, 0.2) is 0 Å². The van der Waals surface area contributed by atoms with E-state index < -0.39 is 5.82 Å². The van der Waals surface area contributed by atoms with Gasteiger partial charge in [-0.05, 0) is 25.0 Å². The summed E-state index contributed by atoms with van der Waals surface area (Å²) in [5, 5.41) is 5.46. The van der Waals surface area contributed by atoms with Gasteiger partial charge in [0, 0.05) is 27.3 Å². The van der Waals surface area contributed by atoms with Crippen LogP contribution in [0, 0.1) is 5.82 Å². The number of para-hydroxylation sites is 1. The van der Waals surface area contributed by atoms with Crippen LogP contribution in [-0.2, 0) is 4.74 Å². The number of ether oxygens (including phenoxy) is 1. The zero-order chi connectivity index (χ0) is 13.4. The van der Waals surface area contributed by atoms with E-state index in [0.29, 0.717) is 18.7 Å². The quantitative estimate of drug-likeness (QED) is 0.732. The van der Waals surface area contributed by atoms with Gasteiger partial charge < -0.3 is 15.4 Å². The first-order valence-electron chi connectivity index (χ1n) is 5.94. The third kappa shape index (κ3) is 4.00. The third-order valence-corrected chi connectivity index (χ3v) is 2.57. The second-order valence-electron chi connectivity index (χ2n) is 3.87. The van der Waals surface area contributed by atoms with Crippen molar-refractivity contribution in [1.29, 1.82) is 0 Å². The summed E-state index contributed by atoms with van der Waals surface area (Å²) >= 11 is 0. The fourth-order valence-electron chi connectivity index (χ4n) is 1.64. The number of carbonyl (C=O) groups excluding carboxylic acids is 1. The Kier molecular flexibility index (Phi) is 6.14. The van der Waals surface area contributed by atoms with Crippen LogP contribution in [0.4, 0.5) is 10.1 Å². The maximum absolute atomic E-state index is 13.4. The Balaban J connectivity index is 2.54. The molecule has 0 saturated carbocycles. The van der Waals surface area contributed by atoms with Gasteiger partial charge in [-0.2, -0.15) is 0 Å². The predicted molar refractivity (Wildman–Crippen MR) is 69.4 cm³/mol. The highest BCUT2D eigenvalue weighted by atomic mass is 19.1. The van der Waals surface area contributed by atoms with E-state index in [2.05, 4.69) is 10.6 Å². The van der Waals surface area contributed by atoms with Gasteiger partial charge in [0.25, 0.3) is 5.91 Å². The second kappa shape index (κ2) is 7.66. The molecule has 0 fully saturated rings. The number of hydrogen-bond donors (Lipinski definition) is 2. The normalized spacial score (nSPS) is 10.2. The molecule has 18 heavy (non-hydrogen) atoms. The first kappa shape index (κ1) is 14.4. The summed E-state index contributed by atoms with van der Waals surface area (Å²) in [6.45, 7) is 1.24. The van der Waals surface area contributed by atoms with E-state index in [9.17, 15) is 9.18 Å². The van der Waals surface area contributed by atoms with E-state index in [-0.39, 0.29) is 11.6 Å². The molecule has 0 aromatic heterocycles. The zero-order valence-corrected chi connectivity index (χ0v) is 10.8. The molecule has 0 unspecified atom stereocenters. The number of methoxy groups -OCH3 is 1. The average molecular weight is 254 g/mol. The molecule has 1 rings (SSSR count). The summed E-state index contributed by atoms with van der Waals surface area (Å²) < 4.78 is 18.4. The minimum atomic E-state index is -0.426. The Bertz CT molecular complexity index is 397. The standard InChI is InChI=1S/C13H19FN2O2/c1-15-12-10(6-5-7-11(12)14)13(17)16-8-3-4-9-18-2/h5-7,15H,3-4,8-9H2,1-2H3,(H,16,17). The SMILES string of the molecule is CNc1c(F)cccc1C(=O)NCCCCOC. The fourth-order valence-corrected chi connectivity index (χ4v) is 1.64. The molecule has 0 spiro atoms. The molecule has 1 amide bonds. The van der Waals surface area contributed by atoms with Crippen LogP contribution in [0.3, 0.4) is 0 Å². The zero-order valence-electron chi connectivity index (χ0n) is 10.8. The molecule has 0 aliphatic rings. The van der Waals surface area contributed by atoms with Crippen LogP contribution >= 0.6 is 0 Å². The molecule has 0 atom stereocenters. The topological polar surface area (TPSA) is 50.4 Å². The molecule has 0 heterocycles. The number of carbonyl (C=O) groups is 1. The summed E-state index contributed by atoms with van der Waals surface area (Å²) in [5.41, 5.74) is 0.552. The highest BCUT2D eigenvalue weighted by Gasteiger charge is 2.13. The van der Waals surface area contributed by atoms with Gasteiger partial charge in [0.05, 0.1) is 11.3 Å². The Morgan fingerprint density at radius 2 is 2.17 bits per heavy atom. The second-order valence-corrected chi connectivity index (χ2v) is 3.87. The minimum Gasteiger partial charge on any atom is -0.385 e. The molecular weight excluding hydrogens is 235 g/mol. The van der Waals surface area contributed by atoms with Gasteiger partial charge in [-0.1, -0.05) is 6.07 Å². The van der Waals surface area contributed by atoms with Crippen molar-refractivity contribution in [2.24, 2.45) is 0 Å². The lowest BCUT2D eigenvalue weighted by molar-refractivity contribution is 0.0952. The van der Waals surface area contributed by atoms with E-state index in [4.69, 9.17) is 4.74 Å². The molecule has 0 bridgehead atoms. The Morgan fingerprint density at radius 1 is 1.39 bits per heavy atom.